The van der Waals surface area contributed by atoms with E-state index in [0.717, 1.165) is 17.4 Å². The molecule has 13 heteroatoms. The average molecular weight is 551 g/mol. The minimum Gasteiger partial charge on any atom is -0.508 e. The van der Waals surface area contributed by atoms with Crippen molar-refractivity contribution < 1.29 is 32.5 Å². The third-order valence-electron chi connectivity index (χ3n) is 6.49. The van der Waals surface area contributed by atoms with Crippen molar-refractivity contribution in [2.75, 3.05) is 63.2 Å². The zero-order chi connectivity index (χ0) is 28.3. The van der Waals surface area contributed by atoms with Gasteiger partial charge in [-0.15, -0.1) is 13.2 Å². The lowest BCUT2D eigenvalue weighted by molar-refractivity contribution is -0.274. The van der Waals surface area contributed by atoms with E-state index >= 15 is 0 Å². The highest BCUT2D eigenvalue weighted by Crippen LogP contribution is 2.35. The van der Waals surface area contributed by atoms with E-state index in [0.29, 0.717) is 57.1 Å². The monoisotopic (exact) mass is 550 g/mol. The molecule has 3 heterocycles. The molecule has 212 valence electrons. The number of fused-ring (bicyclic) bond motifs is 1. The third kappa shape index (κ3) is 7.22. The summed E-state index contributed by atoms with van der Waals surface area (Å²) in [5.74, 6) is -0.222. The average Bonchev–Trinajstić information content (AvgIpc) is 2.85. The predicted molar refractivity (Wildman–Crippen MR) is 139 cm³/mol. The van der Waals surface area contributed by atoms with Gasteiger partial charge in [0.25, 0.3) is 0 Å². The lowest BCUT2D eigenvalue weighted by atomic mass is 10.0. The number of benzene rings is 1. The van der Waals surface area contributed by atoms with Crippen molar-refractivity contribution in [2.45, 2.75) is 32.4 Å². The molecule has 1 saturated heterocycles. The Morgan fingerprint density at radius 1 is 1.15 bits per heavy atom. The summed E-state index contributed by atoms with van der Waals surface area (Å²) >= 11 is 0. The lowest BCUT2D eigenvalue weighted by Crippen LogP contribution is -2.49. The summed E-state index contributed by atoms with van der Waals surface area (Å²) in [5, 5.41) is 10.1. The largest absolute Gasteiger partial charge is 0.573 e. The van der Waals surface area contributed by atoms with Crippen molar-refractivity contribution >= 4 is 17.4 Å². The molecule has 0 aliphatic carbocycles. The number of amides is 1. The number of phenols is 1. The fraction of sp³-hybridized carbons (Fsp3) is 0.500. The van der Waals surface area contributed by atoms with Crippen LogP contribution in [0.25, 0.3) is 0 Å². The smallest absolute Gasteiger partial charge is 0.508 e. The van der Waals surface area contributed by atoms with E-state index in [-0.39, 0.29) is 30.3 Å². The Bertz CT molecular complexity index is 1200. The number of nitrogens with zero attached hydrogens (tertiary/aromatic N) is 6. The fourth-order valence-electron chi connectivity index (χ4n) is 4.87. The van der Waals surface area contributed by atoms with Crippen LogP contribution < -0.4 is 19.3 Å². The Morgan fingerprint density at radius 3 is 2.51 bits per heavy atom. The summed E-state index contributed by atoms with van der Waals surface area (Å²) in [6.45, 7) is 9.05. The van der Waals surface area contributed by atoms with E-state index in [1.54, 1.807) is 4.90 Å². The van der Waals surface area contributed by atoms with Gasteiger partial charge in [-0.25, -0.2) is 0 Å². The van der Waals surface area contributed by atoms with Crippen LogP contribution in [0.5, 0.6) is 17.5 Å². The summed E-state index contributed by atoms with van der Waals surface area (Å²) in [7, 11) is 3.87. The standard InChI is InChI=1S/C26H33F3N6O4/c1-5-23(37)33-8-10-34(11-9-33)24-21-6-7-35(18-12-19(36)14-20(13-18)39-26(27,28)29)16-22(21)30-25(31-24)38-17(2)15-32(3)4/h5,12-14,17,36H,1,6-11,15-16H2,2-4H3. The van der Waals surface area contributed by atoms with Gasteiger partial charge in [-0.05, 0) is 33.5 Å². The van der Waals surface area contributed by atoms with Crippen LogP contribution in [0.4, 0.5) is 24.7 Å². The summed E-state index contributed by atoms with van der Waals surface area (Å²) in [6.07, 6.45) is -3.24. The molecule has 1 fully saturated rings. The van der Waals surface area contributed by atoms with E-state index in [9.17, 15) is 23.1 Å². The van der Waals surface area contributed by atoms with Crippen LogP contribution in [0.1, 0.15) is 18.2 Å². The second kappa shape index (κ2) is 11.6. The first kappa shape index (κ1) is 28.3. The number of phenolic OH excluding ortho intramolecular Hbond substituents is 1. The van der Waals surface area contributed by atoms with Crippen LogP contribution in [-0.2, 0) is 17.8 Å². The number of ether oxygens (including phenoxy) is 2. The van der Waals surface area contributed by atoms with E-state index in [2.05, 4.69) is 21.2 Å². The van der Waals surface area contributed by atoms with Crippen molar-refractivity contribution in [3.05, 3.63) is 42.1 Å². The van der Waals surface area contributed by atoms with Crippen LogP contribution in [0.3, 0.4) is 0 Å². The number of carbonyl (C=O) groups excluding carboxylic acids is 1. The van der Waals surface area contributed by atoms with Crippen LogP contribution in [0.2, 0.25) is 0 Å². The van der Waals surface area contributed by atoms with Gasteiger partial charge < -0.3 is 34.2 Å². The number of hydrogen-bond acceptors (Lipinski definition) is 9. The second-order valence-electron chi connectivity index (χ2n) is 9.87. The lowest BCUT2D eigenvalue weighted by Gasteiger charge is -2.38. The number of aromatic nitrogens is 2. The number of anilines is 2. The quantitative estimate of drug-likeness (QED) is 0.498. The van der Waals surface area contributed by atoms with Crippen molar-refractivity contribution in [1.82, 2.24) is 19.8 Å². The molecule has 0 bridgehead atoms. The van der Waals surface area contributed by atoms with Crippen molar-refractivity contribution in [1.29, 1.82) is 0 Å². The van der Waals surface area contributed by atoms with Crippen LogP contribution in [-0.4, -0.2) is 96.6 Å². The predicted octanol–water partition coefficient (Wildman–Crippen LogP) is 2.81. The zero-order valence-electron chi connectivity index (χ0n) is 22.2. The highest BCUT2D eigenvalue weighted by molar-refractivity contribution is 5.87. The van der Waals surface area contributed by atoms with Crippen molar-refractivity contribution in [2.24, 2.45) is 0 Å². The maximum atomic E-state index is 12.8. The molecule has 2 aliphatic heterocycles. The number of halogens is 3. The van der Waals surface area contributed by atoms with Gasteiger partial charge in [0.05, 0.1) is 12.2 Å². The van der Waals surface area contributed by atoms with Gasteiger partial charge in [-0.1, -0.05) is 6.58 Å². The van der Waals surface area contributed by atoms with E-state index in [1.165, 1.54) is 18.2 Å². The Balaban J connectivity index is 1.63. The second-order valence-corrected chi connectivity index (χ2v) is 9.87. The molecule has 0 spiro atoms. The van der Waals surface area contributed by atoms with Gasteiger partial charge in [0, 0.05) is 68.7 Å². The van der Waals surface area contributed by atoms with Crippen LogP contribution >= 0.6 is 0 Å². The number of likely N-dealkylation sites (N-methyl/N-ethyl adjacent to an activating group) is 1. The number of rotatable bonds is 8. The fourth-order valence-corrected chi connectivity index (χ4v) is 4.87. The molecular formula is C26H33F3N6O4. The number of carbonyl (C=O) groups is 1. The molecule has 4 rings (SSSR count). The molecule has 1 aromatic carbocycles. The Hall–Kier alpha value is -3.74. The Labute approximate surface area is 225 Å². The SMILES string of the molecule is C=CC(=O)N1CCN(c2nc(OC(C)CN(C)C)nc3c2CCN(c2cc(O)cc(OC(F)(F)F)c2)C3)CC1. The van der Waals surface area contributed by atoms with E-state index < -0.39 is 12.1 Å². The van der Waals surface area contributed by atoms with Gasteiger partial charge >= 0.3 is 12.4 Å². The summed E-state index contributed by atoms with van der Waals surface area (Å²) in [5.41, 5.74) is 1.99. The molecule has 0 radical (unpaired) electrons. The Morgan fingerprint density at radius 2 is 1.87 bits per heavy atom. The minimum absolute atomic E-state index is 0.114. The first-order valence-corrected chi connectivity index (χ1v) is 12.6. The van der Waals surface area contributed by atoms with E-state index in [4.69, 9.17) is 9.72 Å². The van der Waals surface area contributed by atoms with Gasteiger partial charge in [-0.3, -0.25) is 4.79 Å². The van der Waals surface area contributed by atoms with Gasteiger partial charge in [0.1, 0.15) is 23.4 Å². The van der Waals surface area contributed by atoms with Crippen LogP contribution in [0.15, 0.2) is 30.9 Å². The normalized spacial score (nSPS) is 16.6. The highest BCUT2D eigenvalue weighted by Gasteiger charge is 2.32. The molecule has 1 atom stereocenters. The topological polar surface area (TPSA) is 94.5 Å². The summed E-state index contributed by atoms with van der Waals surface area (Å²) in [4.78, 5) is 29.1. The molecule has 2 aromatic rings. The number of alkyl halides is 3. The van der Waals surface area contributed by atoms with Crippen molar-refractivity contribution in [3.8, 4) is 17.5 Å². The van der Waals surface area contributed by atoms with Crippen LogP contribution in [0, 0.1) is 0 Å². The molecule has 39 heavy (non-hydrogen) atoms. The number of hydrogen-bond donors (Lipinski definition) is 1. The highest BCUT2D eigenvalue weighted by atomic mass is 19.4. The summed E-state index contributed by atoms with van der Waals surface area (Å²) in [6, 6.07) is 3.76. The minimum atomic E-state index is -4.88. The molecule has 2 aliphatic rings. The van der Waals surface area contributed by atoms with E-state index in [1.807, 2.05) is 30.8 Å². The molecule has 1 unspecified atom stereocenters. The first-order valence-electron chi connectivity index (χ1n) is 12.6. The van der Waals surface area contributed by atoms with Gasteiger partial charge in [-0.2, -0.15) is 9.97 Å². The third-order valence-corrected chi connectivity index (χ3v) is 6.49. The molecule has 1 amide bonds. The maximum absolute atomic E-state index is 12.8. The zero-order valence-corrected chi connectivity index (χ0v) is 22.2. The van der Waals surface area contributed by atoms with Gasteiger partial charge in [0.15, 0.2) is 0 Å². The molecule has 0 saturated carbocycles. The summed E-state index contributed by atoms with van der Waals surface area (Å²) < 4.78 is 48.5. The Kier molecular flexibility index (Phi) is 8.38. The van der Waals surface area contributed by atoms with Gasteiger partial charge in [0.2, 0.25) is 5.91 Å². The number of aromatic hydroxyl groups is 1. The molecule has 10 nitrogen and oxygen atoms in total. The molecule has 1 aromatic heterocycles. The molecular weight excluding hydrogens is 517 g/mol. The van der Waals surface area contributed by atoms with Crippen molar-refractivity contribution in [3.63, 3.8) is 0 Å². The maximum Gasteiger partial charge on any atom is 0.573 e. The molecule has 1 N–H and O–H groups in total. The first-order chi connectivity index (χ1) is 18.4. The number of piperazine rings is 1.